The summed E-state index contributed by atoms with van der Waals surface area (Å²) in [7, 11) is 2.10. The van der Waals surface area contributed by atoms with Gasteiger partial charge in [0.05, 0.1) is 24.5 Å². The summed E-state index contributed by atoms with van der Waals surface area (Å²) in [5, 5.41) is 0. The first kappa shape index (κ1) is 15.4. The molecule has 1 aliphatic carbocycles. The number of hydrogen-bond acceptors (Lipinski definition) is 4. The highest BCUT2D eigenvalue weighted by Gasteiger charge is 2.28. The first-order valence-electron chi connectivity index (χ1n) is 7.82. The molecule has 1 aliphatic heterocycles. The van der Waals surface area contributed by atoms with Crippen LogP contribution in [-0.2, 0) is 4.74 Å². The molecule has 1 saturated heterocycles. The van der Waals surface area contributed by atoms with Crippen LogP contribution < -0.4 is 0 Å². The SMILES string of the molecule is CN(CC1CC1)C[C@H]1CN(C(=O)c2cncc(F)c2)CCO1. The summed E-state index contributed by atoms with van der Waals surface area (Å²) >= 11 is 0. The molecule has 2 fully saturated rings. The van der Waals surface area contributed by atoms with Crippen LogP contribution in [0, 0.1) is 11.7 Å². The maximum atomic E-state index is 13.2. The van der Waals surface area contributed by atoms with Gasteiger partial charge in [-0.3, -0.25) is 9.78 Å². The van der Waals surface area contributed by atoms with Crippen molar-refractivity contribution in [2.45, 2.75) is 18.9 Å². The molecule has 0 radical (unpaired) electrons. The Balaban J connectivity index is 1.56. The Morgan fingerprint density at radius 1 is 1.45 bits per heavy atom. The molecule has 1 atom stereocenters. The van der Waals surface area contributed by atoms with Gasteiger partial charge in [-0.25, -0.2) is 4.39 Å². The first-order chi connectivity index (χ1) is 10.6. The molecular weight excluding hydrogens is 285 g/mol. The van der Waals surface area contributed by atoms with Crippen LogP contribution in [0.2, 0.25) is 0 Å². The molecule has 22 heavy (non-hydrogen) atoms. The van der Waals surface area contributed by atoms with Crippen molar-refractivity contribution >= 4 is 5.91 Å². The van der Waals surface area contributed by atoms with Gasteiger partial charge in [0.15, 0.2) is 0 Å². The Labute approximate surface area is 130 Å². The van der Waals surface area contributed by atoms with Gasteiger partial charge in [-0.15, -0.1) is 0 Å². The molecular formula is C16H22FN3O2. The molecule has 120 valence electrons. The Bertz CT molecular complexity index is 536. The number of halogens is 1. The highest BCUT2D eigenvalue weighted by atomic mass is 19.1. The van der Waals surface area contributed by atoms with Crippen molar-refractivity contribution in [2.24, 2.45) is 5.92 Å². The summed E-state index contributed by atoms with van der Waals surface area (Å²) < 4.78 is 19.0. The van der Waals surface area contributed by atoms with Gasteiger partial charge < -0.3 is 14.5 Å². The molecule has 1 aromatic rings. The van der Waals surface area contributed by atoms with Gasteiger partial charge in [0.2, 0.25) is 0 Å². The zero-order valence-corrected chi connectivity index (χ0v) is 12.9. The zero-order valence-electron chi connectivity index (χ0n) is 12.9. The molecule has 6 heteroatoms. The molecule has 1 saturated carbocycles. The van der Waals surface area contributed by atoms with Crippen LogP contribution in [-0.4, -0.2) is 66.6 Å². The fourth-order valence-electron chi connectivity index (χ4n) is 2.89. The number of nitrogens with zero attached hydrogens (tertiary/aromatic N) is 3. The molecule has 5 nitrogen and oxygen atoms in total. The van der Waals surface area contributed by atoms with Gasteiger partial charge in [0.25, 0.3) is 5.91 Å². The Kier molecular flexibility index (Phi) is 4.69. The second kappa shape index (κ2) is 6.71. The Hall–Kier alpha value is -1.53. The summed E-state index contributed by atoms with van der Waals surface area (Å²) in [6.45, 7) is 3.53. The third-order valence-electron chi connectivity index (χ3n) is 4.16. The van der Waals surface area contributed by atoms with E-state index in [1.165, 1.54) is 25.1 Å². The second-order valence-electron chi connectivity index (χ2n) is 6.30. The highest BCUT2D eigenvalue weighted by Crippen LogP contribution is 2.29. The van der Waals surface area contributed by atoms with Crippen molar-refractivity contribution in [1.82, 2.24) is 14.8 Å². The largest absolute Gasteiger partial charge is 0.373 e. The molecule has 0 N–H and O–H groups in total. The number of pyridine rings is 1. The van der Waals surface area contributed by atoms with E-state index in [4.69, 9.17) is 4.74 Å². The maximum Gasteiger partial charge on any atom is 0.255 e. The molecule has 1 aromatic heterocycles. The van der Waals surface area contributed by atoms with E-state index in [1.54, 1.807) is 4.90 Å². The van der Waals surface area contributed by atoms with Gasteiger partial charge >= 0.3 is 0 Å². The van der Waals surface area contributed by atoms with E-state index in [1.807, 2.05) is 0 Å². The monoisotopic (exact) mass is 307 g/mol. The number of amides is 1. The van der Waals surface area contributed by atoms with E-state index in [0.29, 0.717) is 25.3 Å². The third-order valence-corrected chi connectivity index (χ3v) is 4.16. The van der Waals surface area contributed by atoms with E-state index in [0.717, 1.165) is 25.2 Å². The molecule has 3 rings (SSSR count). The summed E-state index contributed by atoms with van der Waals surface area (Å²) in [6, 6.07) is 1.24. The van der Waals surface area contributed by atoms with Gasteiger partial charge in [-0.1, -0.05) is 0 Å². The molecule has 1 amide bonds. The normalized spacial score (nSPS) is 22.1. The van der Waals surface area contributed by atoms with Crippen LogP contribution in [0.5, 0.6) is 0 Å². The predicted molar refractivity (Wildman–Crippen MR) is 80.1 cm³/mol. The molecule has 0 spiro atoms. The lowest BCUT2D eigenvalue weighted by molar-refractivity contribution is -0.0334. The fourth-order valence-corrected chi connectivity index (χ4v) is 2.89. The molecule has 0 aromatic carbocycles. The topological polar surface area (TPSA) is 45.7 Å². The minimum absolute atomic E-state index is 0.0166. The average molecular weight is 307 g/mol. The van der Waals surface area contributed by atoms with Crippen LogP contribution in [0.4, 0.5) is 4.39 Å². The van der Waals surface area contributed by atoms with Gasteiger partial charge in [0, 0.05) is 32.4 Å². The number of hydrogen-bond donors (Lipinski definition) is 0. The smallest absolute Gasteiger partial charge is 0.255 e. The third kappa shape index (κ3) is 4.01. The van der Waals surface area contributed by atoms with E-state index in [-0.39, 0.29) is 12.0 Å². The molecule has 2 aliphatic rings. The van der Waals surface area contributed by atoms with Crippen LogP contribution >= 0.6 is 0 Å². The fraction of sp³-hybridized carbons (Fsp3) is 0.625. The lowest BCUT2D eigenvalue weighted by Crippen LogP contribution is -2.49. The lowest BCUT2D eigenvalue weighted by atomic mass is 10.2. The van der Waals surface area contributed by atoms with Crippen molar-refractivity contribution in [3.05, 3.63) is 29.8 Å². The Morgan fingerprint density at radius 2 is 2.27 bits per heavy atom. The maximum absolute atomic E-state index is 13.2. The average Bonchev–Trinajstić information content (AvgIpc) is 3.30. The van der Waals surface area contributed by atoms with E-state index in [2.05, 4.69) is 16.9 Å². The highest BCUT2D eigenvalue weighted by molar-refractivity contribution is 5.94. The van der Waals surface area contributed by atoms with Crippen molar-refractivity contribution in [3.63, 3.8) is 0 Å². The Morgan fingerprint density at radius 3 is 3.00 bits per heavy atom. The molecule has 0 unspecified atom stereocenters. The number of likely N-dealkylation sites (N-methyl/N-ethyl adjacent to an activating group) is 1. The van der Waals surface area contributed by atoms with E-state index >= 15 is 0 Å². The van der Waals surface area contributed by atoms with Gasteiger partial charge in [0.1, 0.15) is 5.82 Å². The minimum Gasteiger partial charge on any atom is -0.373 e. The van der Waals surface area contributed by atoms with E-state index in [9.17, 15) is 9.18 Å². The number of rotatable bonds is 5. The minimum atomic E-state index is -0.486. The zero-order chi connectivity index (χ0) is 15.5. The van der Waals surface area contributed by atoms with E-state index < -0.39 is 5.82 Å². The van der Waals surface area contributed by atoms with Crippen molar-refractivity contribution < 1.29 is 13.9 Å². The number of carbonyl (C=O) groups excluding carboxylic acids is 1. The first-order valence-corrected chi connectivity index (χ1v) is 7.82. The summed E-state index contributed by atoms with van der Waals surface area (Å²) in [5.41, 5.74) is 0.298. The number of carbonyl (C=O) groups is 1. The van der Waals surface area contributed by atoms with Crippen molar-refractivity contribution in [1.29, 1.82) is 0 Å². The standard InChI is InChI=1S/C16H22FN3O2/c1-19(9-12-2-3-12)10-15-11-20(4-5-22-15)16(21)13-6-14(17)8-18-7-13/h6-8,12,15H,2-5,9-11H2,1H3/t15-/m0/s1. The number of aromatic nitrogens is 1. The lowest BCUT2D eigenvalue weighted by Gasteiger charge is -2.35. The number of morpholine rings is 1. The van der Waals surface area contributed by atoms with Gasteiger partial charge in [-0.2, -0.15) is 0 Å². The summed E-state index contributed by atoms with van der Waals surface area (Å²) in [4.78, 5) is 20.2. The summed E-state index contributed by atoms with van der Waals surface area (Å²) in [6.07, 6.45) is 5.18. The van der Waals surface area contributed by atoms with Crippen molar-refractivity contribution in [3.8, 4) is 0 Å². The molecule has 0 bridgehead atoms. The van der Waals surface area contributed by atoms with Crippen molar-refractivity contribution in [2.75, 3.05) is 39.8 Å². The second-order valence-corrected chi connectivity index (χ2v) is 6.30. The molecule has 2 heterocycles. The van der Waals surface area contributed by atoms with Crippen LogP contribution in [0.15, 0.2) is 18.5 Å². The predicted octanol–water partition coefficient (Wildman–Crippen LogP) is 1.40. The van der Waals surface area contributed by atoms with Crippen LogP contribution in [0.3, 0.4) is 0 Å². The van der Waals surface area contributed by atoms with Crippen LogP contribution in [0.1, 0.15) is 23.2 Å². The quantitative estimate of drug-likeness (QED) is 0.825. The van der Waals surface area contributed by atoms with Crippen LogP contribution in [0.25, 0.3) is 0 Å². The number of ether oxygens (including phenoxy) is 1. The summed E-state index contributed by atoms with van der Waals surface area (Å²) in [5.74, 6) is 0.176. The van der Waals surface area contributed by atoms with Gasteiger partial charge in [-0.05, 0) is 31.9 Å².